The van der Waals surface area contributed by atoms with Crippen LogP contribution < -0.4 is 10.6 Å². The van der Waals surface area contributed by atoms with E-state index in [2.05, 4.69) is 10.6 Å². The predicted octanol–water partition coefficient (Wildman–Crippen LogP) is 2.67. The number of carboxylic acids is 1. The minimum atomic E-state index is -0.814. The number of anilines is 1. The van der Waals surface area contributed by atoms with Gasteiger partial charge < -0.3 is 15.7 Å². The van der Waals surface area contributed by atoms with E-state index in [1.165, 1.54) is 13.0 Å². The van der Waals surface area contributed by atoms with Crippen LogP contribution in [0.25, 0.3) is 0 Å². The molecule has 3 N–H and O–H groups in total. The molecule has 0 atom stereocenters. The highest BCUT2D eigenvalue weighted by Crippen LogP contribution is 2.20. The zero-order valence-corrected chi connectivity index (χ0v) is 13.1. The molecule has 0 aliphatic rings. The van der Waals surface area contributed by atoms with Crippen molar-refractivity contribution in [1.29, 1.82) is 0 Å². The maximum absolute atomic E-state index is 12.0. The summed E-state index contributed by atoms with van der Waals surface area (Å²) in [5.41, 5.74) is 0.793. The summed E-state index contributed by atoms with van der Waals surface area (Å²) in [5.74, 6) is -1.37. The second kappa shape index (κ2) is 9.04. The smallest absolute Gasteiger partial charge is 0.303 e. The first-order chi connectivity index (χ1) is 10.4. The molecule has 0 saturated carbocycles. The average molecular weight is 327 g/mol. The molecule has 0 fully saturated rings. The lowest BCUT2D eigenvalue weighted by Gasteiger charge is -2.09. The Morgan fingerprint density at radius 2 is 1.91 bits per heavy atom. The normalized spacial score (nSPS) is 10.1. The van der Waals surface area contributed by atoms with Crippen molar-refractivity contribution in [3.63, 3.8) is 0 Å². The molecule has 6 nitrogen and oxygen atoms in total. The topological polar surface area (TPSA) is 95.5 Å². The Bertz CT molecular complexity index is 560. The van der Waals surface area contributed by atoms with E-state index in [0.29, 0.717) is 35.7 Å². The molecule has 0 aliphatic carbocycles. The monoisotopic (exact) mass is 326 g/mol. The number of aliphatic carboxylic acids is 1. The molecule has 0 saturated heterocycles. The number of halogens is 1. The molecule has 0 aliphatic heterocycles. The second-order valence-electron chi connectivity index (χ2n) is 4.84. The van der Waals surface area contributed by atoms with Gasteiger partial charge in [0.15, 0.2) is 0 Å². The van der Waals surface area contributed by atoms with Gasteiger partial charge in [0.05, 0.1) is 10.6 Å². The molecule has 0 unspecified atom stereocenters. The summed E-state index contributed by atoms with van der Waals surface area (Å²) in [6, 6.07) is 4.69. The van der Waals surface area contributed by atoms with Gasteiger partial charge in [0.2, 0.25) is 5.91 Å². The highest BCUT2D eigenvalue weighted by atomic mass is 35.5. The van der Waals surface area contributed by atoms with Gasteiger partial charge in [-0.2, -0.15) is 0 Å². The summed E-state index contributed by atoms with van der Waals surface area (Å²) >= 11 is 5.99. The van der Waals surface area contributed by atoms with Crippen LogP contribution in [-0.2, 0) is 9.59 Å². The molecule has 2 amide bonds. The van der Waals surface area contributed by atoms with Gasteiger partial charge >= 0.3 is 5.97 Å². The van der Waals surface area contributed by atoms with Crippen LogP contribution in [0.1, 0.15) is 43.0 Å². The Kier molecular flexibility index (Phi) is 7.39. The Morgan fingerprint density at radius 1 is 1.18 bits per heavy atom. The van der Waals surface area contributed by atoms with Crippen LogP contribution in [0.4, 0.5) is 5.69 Å². The molecule has 7 heteroatoms. The number of hydrogen-bond acceptors (Lipinski definition) is 3. The summed E-state index contributed by atoms with van der Waals surface area (Å²) < 4.78 is 0. The van der Waals surface area contributed by atoms with Gasteiger partial charge in [-0.25, -0.2) is 0 Å². The Labute approximate surface area is 133 Å². The fraction of sp³-hybridized carbons (Fsp3) is 0.400. The number of carbonyl (C=O) groups is 3. The number of amides is 2. The van der Waals surface area contributed by atoms with E-state index in [4.69, 9.17) is 16.7 Å². The van der Waals surface area contributed by atoms with Crippen molar-refractivity contribution >= 4 is 35.1 Å². The largest absolute Gasteiger partial charge is 0.481 e. The minimum absolute atomic E-state index is 0.137. The van der Waals surface area contributed by atoms with Crippen LogP contribution in [0.15, 0.2) is 18.2 Å². The number of rotatable bonds is 8. The van der Waals surface area contributed by atoms with E-state index < -0.39 is 5.97 Å². The molecule has 0 aromatic heterocycles. The first-order valence-corrected chi connectivity index (χ1v) is 7.35. The van der Waals surface area contributed by atoms with Gasteiger partial charge in [-0.1, -0.05) is 18.0 Å². The maximum Gasteiger partial charge on any atom is 0.303 e. The van der Waals surface area contributed by atoms with Gasteiger partial charge in [0.25, 0.3) is 5.91 Å². The second-order valence-corrected chi connectivity index (χ2v) is 5.24. The predicted molar refractivity (Wildman–Crippen MR) is 84.2 cm³/mol. The fourth-order valence-corrected chi connectivity index (χ4v) is 2.06. The van der Waals surface area contributed by atoms with E-state index in [9.17, 15) is 14.4 Å². The van der Waals surface area contributed by atoms with Crippen LogP contribution in [0.3, 0.4) is 0 Å². The van der Waals surface area contributed by atoms with Gasteiger partial charge in [0, 0.05) is 25.6 Å². The van der Waals surface area contributed by atoms with E-state index in [1.807, 2.05) is 0 Å². The highest BCUT2D eigenvalue weighted by Gasteiger charge is 2.11. The average Bonchev–Trinajstić information content (AvgIpc) is 2.43. The summed E-state index contributed by atoms with van der Waals surface area (Å²) in [4.78, 5) is 33.4. The molecule has 0 radical (unpaired) electrons. The number of nitrogens with one attached hydrogen (secondary N) is 2. The molecular weight excluding hydrogens is 308 g/mol. The lowest BCUT2D eigenvalue weighted by atomic mass is 10.1. The van der Waals surface area contributed by atoms with Crippen molar-refractivity contribution < 1.29 is 19.5 Å². The van der Waals surface area contributed by atoms with Gasteiger partial charge in [-0.15, -0.1) is 0 Å². The third-order valence-electron chi connectivity index (χ3n) is 2.88. The van der Waals surface area contributed by atoms with Crippen LogP contribution in [0.2, 0.25) is 5.02 Å². The molecule has 0 spiro atoms. The number of unbranched alkanes of at least 4 members (excludes halogenated alkanes) is 2. The lowest BCUT2D eigenvalue weighted by Crippen LogP contribution is -2.25. The van der Waals surface area contributed by atoms with Crippen LogP contribution in [0, 0.1) is 0 Å². The maximum atomic E-state index is 12.0. The summed E-state index contributed by atoms with van der Waals surface area (Å²) in [6.07, 6.45) is 2.15. The Hall–Kier alpha value is -2.08. The van der Waals surface area contributed by atoms with Gasteiger partial charge in [0.1, 0.15) is 0 Å². The minimum Gasteiger partial charge on any atom is -0.481 e. The van der Waals surface area contributed by atoms with E-state index in [-0.39, 0.29) is 18.2 Å². The molecule has 0 heterocycles. The van der Waals surface area contributed by atoms with E-state index in [0.717, 1.165) is 6.42 Å². The third kappa shape index (κ3) is 6.58. The van der Waals surface area contributed by atoms with Crippen molar-refractivity contribution in [3.05, 3.63) is 28.8 Å². The van der Waals surface area contributed by atoms with Crippen molar-refractivity contribution in [3.8, 4) is 0 Å². The SMILES string of the molecule is CC(=O)Nc1ccc(Cl)c(C(=O)NCCCCCC(=O)O)c1. The zero-order valence-electron chi connectivity index (χ0n) is 12.3. The molecule has 1 aromatic carbocycles. The number of hydrogen-bond donors (Lipinski definition) is 3. The van der Waals surface area contributed by atoms with Crippen molar-refractivity contribution in [2.24, 2.45) is 0 Å². The first kappa shape index (κ1) is 18.0. The third-order valence-corrected chi connectivity index (χ3v) is 3.21. The van der Waals surface area contributed by atoms with Crippen LogP contribution in [0.5, 0.6) is 0 Å². The van der Waals surface area contributed by atoms with Crippen LogP contribution in [-0.4, -0.2) is 29.4 Å². The Morgan fingerprint density at radius 3 is 2.55 bits per heavy atom. The molecule has 1 rings (SSSR count). The molecule has 0 bridgehead atoms. The van der Waals surface area contributed by atoms with E-state index in [1.54, 1.807) is 12.1 Å². The summed E-state index contributed by atoms with van der Waals surface area (Å²) in [5, 5.41) is 14.1. The van der Waals surface area contributed by atoms with E-state index >= 15 is 0 Å². The highest BCUT2D eigenvalue weighted by molar-refractivity contribution is 6.34. The van der Waals surface area contributed by atoms with Gasteiger partial charge in [-0.05, 0) is 31.0 Å². The summed E-state index contributed by atoms with van der Waals surface area (Å²) in [6.45, 7) is 1.82. The molecule has 22 heavy (non-hydrogen) atoms. The van der Waals surface area contributed by atoms with Crippen LogP contribution >= 0.6 is 11.6 Å². The number of carboxylic acid groups (broad SMARTS) is 1. The Balaban J connectivity index is 2.47. The quantitative estimate of drug-likeness (QED) is 0.640. The number of carbonyl (C=O) groups excluding carboxylic acids is 2. The first-order valence-electron chi connectivity index (χ1n) is 6.97. The number of benzene rings is 1. The fourth-order valence-electron chi connectivity index (χ4n) is 1.86. The van der Waals surface area contributed by atoms with Crippen molar-refractivity contribution in [2.45, 2.75) is 32.6 Å². The standard InChI is InChI=1S/C15H19ClN2O4/c1-10(19)18-11-6-7-13(16)12(9-11)15(22)17-8-4-2-3-5-14(20)21/h6-7,9H,2-5,8H2,1H3,(H,17,22)(H,18,19)(H,20,21). The van der Waals surface area contributed by atoms with Crippen molar-refractivity contribution in [1.82, 2.24) is 5.32 Å². The van der Waals surface area contributed by atoms with Crippen molar-refractivity contribution in [2.75, 3.05) is 11.9 Å². The summed E-state index contributed by atoms with van der Waals surface area (Å²) in [7, 11) is 0. The van der Waals surface area contributed by atoms with Gasteiger partial charge in [-0.3, -0.25) is 14.4 Å². The zero-order chi connectivity index (χ0) is 16.5. The lowest BCUT2D eigenvalue weighted by molar-refractivity contribution is -0.137. The molecular formula is C15H19ClN2O4. The molecule has 1 aromatic rings. The molecule has 120 valence electrons.